The molecule has 2 rings (SSSR count). The molecule has 0 radical (unpaired) electrons. The van der Waals surface area contributed by atoms with Crippen molar-refractivity contribution in [1.82, 2.24) is 14.9 Å². The van der Waals surface area contributed by atoms with Crippen LogP contribution in [0.25, 0.3) is 0 Å². The van der Waals surface area contributed by atoms with E-state index in [1.165, 1.54) is 6.33 Å². The molecular formula is C14H21N3O2. The largest absolute Gasteiger partial charge is 0.381 e. The number of nitrogens with zero attached hydrogens (tertiary/aromatic N) is 3. The minimum atomic E-state index is 0.0101. The van der Waals surface area contributed by atoms with Crippen LogP contribution in [0.1, 0.15) is 35.8 Å². The van der Waals surface area contributed by atoms with E-state index in [1.54, 1.807) is 11.1 Å². The van der Waals surface area contributed by atoms with Crippen molar-refractivity contribution in [2.24, 2.45) is 5.92 Å². The second kappa shape index (κ2) is 6.61. The van der Waals surface area contributed by atoms with Gasteiger partial charge in [0, 0.05) is 32.3 Å². The van der Waals surface area contributed by atoms with Crippen LogP contribution < -0.4 is 0 Å². The summed E-state index contributed by atoms with van der Waals surface area (Å²) in [6, 6.07) is 0. The maximum atomic E-state index is 12.4. The van der Waals surface area contributed by atoms with Crippen molar-refractivity contribution >= 4 is 5.91 Å². The molecule has 0 N–H and O–H groups in total. The lowest BCUT2D eigenvalue weighted by molar-refractivity contribution is 0.0764. The Labute approximate surface area is 114 Å². The molecule has 5 nitrogen and oxygen atoms in total. The molecule has 1 atom stereocenters. The lowest BCUT2D eigenvalue weighted by Gasteiger charge is -2.21. The highest BCUT2D eigenvalue weighted by Gasteiger charge is 2.22. The summed E-state index contributed by atoms with van der Waals surface area (Å²) in [6.45, 7) is 4.38. The molecule has 1 saturated heterocycles. The Hall–Kier alpha value is -1.49. The first-order valence-corrected chi connectivity index (χ1v) is 6.84. The Morgan fingerprint density at radius 2 is 2.42 bits per heavy atom. The smallest absolute Gasteiger partial charge is 0.257 e. The summed E-state index contributed by atoms with van der Waals surface area (Å²) in [5, 5.41) is 0. The summed E-state index contributed by atoms with van der Waals surface area (Å²) in [7, 11) is 1.84. The summed E-state index contributed by atoms with van der Waals surface area (Å²) in [6.07, 6.45) is 5.95. The van der Waals surface area contributed by atoms with Gasteiger partial charge in [0.05, 0.1) is 17.9 Å². The number of aromatic nitrogens is 2. The van der Waals surface area contributed by atoms with Gasteiger partial charge in [0.2, 0.25) is 0 Å². The molecular weight excluding hydrogens is 242 g/mol. The summed E-state index contributed by atoms with van der Waals surface area (Å²) in [5.41, 5.74) is 1.47. The lowest BCUT2D eigenvalue weighted by Crippen LogP contribution is -2.33. The van der Waals surface area contributed by atoms with E-state index in [2.05, 4.69) is 16.9 Å². The van der Waals surface area contributed by atoms with Crippen LogP contribution in [-0.2, 0) is 11.2 Å². The lowest BCUT2D eigenvalue weighted by atomic mass is 10.1. The molecule has 19 heavy (non-hydrogen) atoms. The fourth-order valence-electron chi connectivity index (χ4n) is 2.37. The van der Waals surface area contributed by atoms with E-state index in [1.807, 2.05) is 7.05 Å². The molecule has 0 aromatic carbocycles. The van der Waals surface area contributed by atoms with Crippen LogP contribution in [-0.4, -0.2) is 47.6 Å². The molecule has 0 saturated carbocycles. The zero-order chi connectivity index (χ0) is 13.7. The van der Waals surface area contributed by atoms with E-state index in [9.17, 15) is 4.79 Å². The van der Waals surface area contributed by atoms with Crippen molar-refractivity contribution in [3.63, 3.8) is 0 Å². The Morgan fingerprint density at radius 3 is 3.11 bits per heavy atom. The zero-order valence-electron chi connectivity index (χ0n) is 11.6. The van der Waals surface area contributed by atoms with Crippen LogP contribution in [0.15, 0.2) is 12.5 Å². The fraction of sp³-hybridized carbons (Fsp3) is 0.643. The Kier molecular flexibility index (Phi) is 4.85. The van der Waals surface area contributed by atoms with Gasteiger partial charge in [-0.1, -0.05) is 13.3 Å². The van der Waals surface area contributed by atoms with Crippen LogP contribution in [0.4, 0.5) is 0 Å². The third-order valence-electron chi connectivity index (χ3n) is 3.41. The third-order valence-corrected chi connectivity index (χ3v) is 3.41. The number of ether oxygens (including phenoxy) is 1. The van der Waals surface area contributed by atoms with Crippen molar-refractivity contribution in [3.05, 3.63) is 23.8 Å². The molecule has 104 valence electrons. The van der Waals surface area contributed by atoms with Gasteiger partial charge >= 0.3 is 0 Å². The van der Waals surface area contributed by atoms with Gasteiger partial charge in [-0.15, -0.1) is 0 Å². The number of hydrogen-bond donors (Lipinski definition) is 0. The second-order valence-corrected chi connectivity index (χ2v) is 5.05. The first-order chi connectivity index (χ1) is 9.22. The van der Waals surface area contributed by atoms with E-state index in [-0.39, 0.29) is 5.91 Å². The van der Waals surface area contributed by atoms with Crippen molar-refractivity contribution in [2.45, 2.75) is 26.2 Å². The molecule has 1 unspecified atom stereocenters. The Bertz CT molecular complexity index is 430. The van der Waals surface area contributed by atoms with Gasteiger partial charge in [-0.2, -0.15) is 0 Å². The molecule has 1 amide bonds. The minimum Gasteiger partial charge on any atom is -0.381 e. The van der Waals surface area contributed by atoms with Crippen LogP contribution in [0, 0.1) is 5.92 Å². The molecule has 2 heterocycles. The molecule has 1 aliphatic heterocycles. The Balaban J connectivity index is 2.05. The minimum absolute atomic E-state index is 0.0101. The topological polar surface area (TPSA) is 55.3 Å². The number of hydrogen-bond acceptors (Lipinski definition) is 4. The van der Waals surface area contributed by atoms with Crippen molar-refractivity contribution in [3.8, 4) is 0 Å². The third kappa shape index (κ3) is 3.50. The average Bonchev–Trinajstić information content (AvgIpc) is 2.92. The SMILES string of the molecule is CCCc1ncncc1C(=O)N(C)CC1CCOC1. The second-order valence-electron chi connectivity index (χ2n) is 5.05. The molecule has 0 aliphatic carbocycles. The number of carbonyl (C=O) groups excluding carboxylic acids is 1. The molecule has 0 spiro atoms. The monoisotopic (exact) mass is 263 g/mol. The van der Waals surface area contributed by atoms with Gasteiger partial charge < -0.3 is 9.64 Å². The quantitative estimate of drug-likeness (QED) is 0.808. The molecule has 1 aliphatic rings. The van der Waals surface area contributed by atoms with E-state index in [4.69, 9.17) is 4.74 Å². The summed E-state index contributed by atoms with van der Waals surface area (Å²) in [4.78, 5) is 22.4. The van der Waals surface area contributed by atoms with E-state index >= 15 is 0 Å². The number of amides is 1. The van der Waals surface area contributed by atoms with Gasteiger partial charge in [-0.25, -0.2) is 9.97 Å². The van der Waals surface area contributed by atoms with Gasteiger partial charge in [-0.3, -0.25) is 4.79 Å². The van der Waals surface area contributed by atoms with E-state index in [0.29, 0.717) is 11.5 Å². The molecule has 1 fully saturated rings. The molecule has 1 aromatic rings. The standard InChI is InChI=1S/C14H21N3O2/c1-3-4-13-12(7-15-10-16-13)14(18)17(2)8-11-5-6-19-9-11/h7,10-11H,3-6,8-9H2,1-2H3. The summed E-state index contributed by atoms with van der Waals surface area (Å²) in [5.74, 6) is 0.462. The van der Waals surface area contributed by atoms with Crippen molar-refractivity contribution in [1.29, 1.82) is 0 Å². The highest BCUT2D eigenvalue weighted by Crippen LogP contribution is 2.15. The zero-order valence-corrected chi connectivity index (χ0v) is 11.6. The highest BCUT2D eigenvalue weighted by atomic mass is 16.5. The predicted octanol–water partition coefficient (Wildman–Crippen LogP) is 1.54. The van der Waals surface area contributed by atoms with Crippen LogP contribution in [0.2, 0.25) is 0 Å². The molecule has 0 bridgehead atoms. The fourth-order valence-corrected chi connectivity index (χ4v) is 2.37. The first-order valence-electron chi connectivity index (χ1n) is 6.84. The predicted molar refractivity (Wildman–Crippen MR) is 71.9 cm³/mol. The van der Waals surface area contributed by atoms with Gasteiger partial charge in [0.15, 0.2) is 0 Å². The number of rotatable bonds is 5. The normalized spacial score (nSPS) is 18.5. The number of carbonyl (C=O) groups is 1. The van der Waals surface area contributed by atoms with Crippen LogP contribution in [0.3, 0.4) is 0 Å². The maximum absolute atomic E-state index is 12.4. The average molecular weight is 263 g/mol. The van der Waals surface area contributed by atoms with Gasteiger partial charge in [0.1, 0.15) is 6.33 Å². The van der Waals surface area contributed by atoms with E-state index in [0.717, 1.165) is 44.7 Å². The Morgan fingerprint density at radius 1 is 1.58 bits per heavy atom. The van der Waals surface area contributed by atoms with Gasteiger partial charge in [-0.05, 0) is 12.8 Å². The molecule has 5 heteroatoms. The van der Waals surface area contributed by atoms with Crippen LogP contribution >= 0.6 is 0 Å². The van der Waals surface area contributed by atoms with Crippen molar-refractivity contribution < 1.29 is 9.53 Å². The van der Waals surface area contributed by atoms with Crippen molar-refractivity contribution in [2.75, 3.05) is 26.8 Å². The van der Waals surface area contributed by atoms with E-state index < -0.39 is 0 Å². The number of aryl methyl sites for hydroxylation is 1. The van der Waals surface area contributed by atoms with Gasteiger partial charge in [0.25, 0.3) is 5.91 Å². The molecule has 1 aromatic heterocycles. The summed E-state index contributed by atoms with van der Waals surface area (Å²) >= 11 is 0. The first kappa shape index (κ1) is 13.9. The maximum Gasteiger partial charge on any atom is 0.257 e. The summed E-state index contributed by atoms with van der Waals surface area (Å²) < 4.78 is 5.34. The van der Waals surface area contributed by atoms with Crippen LogP contribution in [0.5, 0.6) is 0 Å². The highest BCUT2D eigenvalue weighted by molar-refractivity contribution is 5.94.